The molecule has 3 nitrogen and oxygen atoms in total. The smallest absolute Gasteiger partial charge is 0.306 e. The summed E-state index contributed by atoms with van der Waals surface area (Å²) >= 11 is 3.21. The Morgan fingerprint density at radius 2 is 2.31 bits per heavy atom. The predicted molar refractivity (Wildman–Crippen MR) is 49.1 cm³/mol. The minimum atomic E-state index is -0.566. The highest BCUT2D eigenvalue weighted by molar-refractivity contribution is 9.10. The van der Waals surface area contributed by atoms with Crippen LogP contribution in [0.3, 0.4) is 0 Å². The summed E-state index contributed by atoms with van der Waals surface area (Å²) in [5.74, 6) is 0.542. The average molecular weight is 245 g/mol. The SMILES string of the molecule is CC1(c2ccc(Br)o2)CCC(=O)O1. The lowest BCUT2D eigenvalue weighted by Gasteiger charge is -2.19. The monoisotopic (exact) mass is 244 g/mol. The van der Waals surface area contributed by atoms with Gasteiger partial charge in [0.1, 0.15) is 5.76 Å². The van der Waals surface area contributed by atoms with Gasteiger partial charge in [0.2, 0.25) is 0 Å². The Morgan fingerprint density at radius 3 is 2.77 bits per heavy atom. The topological polar surface area (TPSA) is 39.4 Å². The fraction of sp³-hybridized carbons (Fsp3) is 0.444. The number of halogens is 1. The molecule has 1 saturated heterocycles. The van der Waals surface area contributed by atoms with Gasteiger partial charge in [0.15, 0.2) is 10.3 Å². The van der Waals surface area contributed by atoms with Gasteiger partial charge in [0, 0.05) is 12.8 Å². The van der Waals surface area contributed by atoms with Gasteiger partial charge >= 0.3 is 5.97 Å². The van der Waals surface area contributed by atoms with E-state index in [1.165, 1.54) is 0 Å². The van der Waals surface area contributed by atoms with Gasteiger partial charge in [-0.3, -0.25) is 4.79 Å². The van der Waals surface area contributed by atoms with Crippen LogP contribution in [0.1, 0.15) is 25.5 Å². The van der Waals surface area contributed by atoms with E-state index in [2.05, 4.69) is 15.9 Å². The number of cyclic esters (lactones) is 1. The highest BCUT2D eigenvalue weighted by atomic mass is 79.9. The van der Waals surface area contributed by atoms with Crippen LogP contribution in [-0.4, -0.2) is 5.97 Å². The molecular formula is C9H9BrO3. The second-order valence-corrected chi connectivity index (χ2v) is 4.09. The van der Waals surface area contributed by atoms with Crippen LogP contribution < -0.4 is 0 Å². The molecule has 70 valence electrons. The van der Waals surface area contributed by atoms with E-state index in [0.717, 1.165) is 0 Å². The fourth-order valence-corrected chi connectivity index (χ4v) is 1.77. The number of carbonyl (C=O) groups excluding carboxylic acids is 1. The molecule has 1 fully saturated rings. The number of carbonyl (C=O) groups is 1. The maximum Gasteiger partial charge on any atom is 0.306 e. The van der Waals surface area contributed by atoms with Crippen LogP contribution in [0.4, 0.5) is 0 Å². The van der Waals surface area contributed by atoms with Crippen molar-refractivity contribution < 1.29 is 13.9 Å². The van der Waals surface area contributed by atoms with Crippen LogP contribution in [0, 0.1) is 0 Å². The van der Waals surface area contributed by atoms with Crippen molar-refractivity contribution in [3.63, 3.8) is 0 Å². The number of furan rings is 1. The van der Waals surface area contributed by atoms with Gasteiger partial charge in [0.25, 0.3) is 0 Å². The van der Waals surface area contributed by atoms with Crippen molar-refractivity contribution in [3.05, 3.63) is 22.6 Å². The van der Waals surface area contributed by atoms with Gasteiger partial charge in [-0.05, 0) is 35.0 Å². The van der Waals surface area contributed by atoms with Gasteiger partial charge in [-0.15, -0.1) is 0 Å². The van der Waals surface area contributed by atoms with Crippen molar-refractivity contribution in [2.75, 3.05) is 0 Å². The third-order valence-corrected chi connectivity index (χ3v) is 2.67. The van der Waals surface area contributed by atoms with Gasteiger partial charge in [-0.25, -0.2) is 0 Å². The first kappa shape index (κ1) is 8.81. The Morgan fingerprint density at radius 1 is 1.54 bits per heavy atom. The van der Waals surface area contributed by atoms with E-state index in [0.29, 0.717) is 23.3 Å². The van der Waals surface area contributed by atoms with E-state index in [-0.39, 0.29) is 5.97 Å². The molecule has 0 spiro atoms. The lowest BCUT2D eigenvalue weighted by molar-refractivity contribution is -0.149. The minimum absolute atomic E-state index is 0.157. The summed E-state index contributed by atoms with van der Waals surface area (Å²) in [5, 5.41) is 0. The lowest BCUT2D eigenvalue weighted by atomic mass is 10.00. The fourth-order valence-electron chi connectivity index (χ4n) is 1.47. The molecule has 0 N–H and O–H groups in total. The molecule has 2 rings (SSSR count). The Bertz CT molecular complexity index is 344. The average Bonchev–Trinajstić information content (AvgIpc) is 2.60. The Balaban J connectivity index is 2.30. The molecule has 1 aliphatic rings. The van der Waals surface area contributed by atoms with Crippen LogP contribution in [0.5, 0.6) is 0 Å². The molecule has 13 heavy (non-hydrogen) atoms. The standard InChI is InChI=1S/C9H9BrO3/c1-9(5-4-8(11)13-9)6-2-3-7(10)12-6/h2-3H,4-5H2,1H3. The molecule has 4 heteroatoms. The first-order chi connectivity index (χ1) is 6.10. The summed E-state index contributed by atoms with van der Waals surface area (Å²) in [6.07, 6.45) is 1.15. The van der Waals surface area contributed by atoms with Gasteiger partial charge in [-0.1, -0.05) is 0 Å². The van der Waals surface area contributed by atoms with E-state index in [1.807, 2.05) is 13.0 Å². The molecule has 1 atom stereocenters. The van der Waals surface area contributed by atoms with Crippen molar-refractivity contribution in [3.8, 4) is 0 Å². The van der Waals surface area contributed by atoms with E-state index in [9.17, 15) is 4.79 Å². The summed E-state index contributed by atoms with van der Waals surface area (Å²) in [6, 6.07) is 3.62. The second kappa shape index (κ2) is 2.87. The maximum absolute atomic E-state index is 11.0. The summed E-state index contributed by atoms with van der Waals surface area (Å²) in [7, 11) is 0. The predicted octanol–water partition coefficient (Wildman–Crippen LogP) is 2.59. The number of hydrogen-bond donors (Lipinski definition) is 0. The van der Waals surface area contributed by atoms with Gasteiger partial charge < -0.3 is 9.15 Å². The van der Waals surface area contributed by atoms with E-state index in [1.54, 1.807) is 6.07 Å². The molecule has 0 radical (unpaired) electrons. The van der Waals surface area contributed by atoms with E-state index >= 15 is 0 Å². The Hall–Kier alpha value is -0.770. The number of ether oxygens (including phenoxy) is 1. The van der Waals surface area contributed by atoms with Crippen LogP contribution in [0.25, 0.3) is 0 Å². The zero-order valence-corrected chi connectivity index (χ0v) is 8.76. The normalized spacial score (nSPS) is 27.7. The first-order valence-electron chi connectivity index (χ1n) is 4.08. The second-order valence-electron chi connectivity index (χ2n) is 3.31. The highest BCUT2D eigenvalue weighted by Crippen LogP contribution is 2.37. The van der Waals surface area contributed by atoms with Gasteiger partial charge in [0.05, 0.1) is 0 Å². The first-order valence-corrected chi connectivity index (χ1v) is 4.87. The minimum Gasteiger partial charge on any atom is -0.451 e. The Labute approximate surface area is 84.2 Å². The quantitative estimate of drug-likeness (QED) is 0.714. The molecule has 0 aromatic carbocycles. The molecule has 2 heterocycles. The number of rotatable bonds is 1. The molecule has 0 aliphatic carbocycles. The molecule has 1 unspecified atom stereocenters. The van der Waals surface area contributed by atoms with Crippen molar-refractivity contribution in [2.45, 2.75) is 25.4 Å². The van der Waals surface area contributed by atoms with Crippen molar-refractivity contribution >= 4 is 21.9 Å². The summed E-state index contributed by atoms with van der Waals surface area (Å²) in [6.45, 7) is 1.86. The summed E-state index contributed by atoms with van der Waals surface area (Å²) in [4.78, 5) is 11.0. The molecule has 1 aromatic rings. The third kappa shape index (κ3) is 1.50. The zero-order valence-electron chi connectivity index (χ0n) is 7.17. The molecule has 0 saturated carbocycles. The van der Waals surface area contributed by atoms with Crippen molar-refractivity contribution in [1.29, 1.82) is 0 Å². The number of esters is 1. The molecule has 1 aliphatic heterocycles. The highest BCUT2D eigenvalue weighted by Gasteiger charge is 2.40. The van der Waals surface area contributed by atoms with Crippen LogP contribution in [-0.2, 0) is 15.1 Å². The largest absolute Gasteiger partial charge is 0.451 e. The van der Waals surface area contributed by atoms with E-state index in [4.69, 9.17) is 9.15 Å². The van der Waals surface area contributed by atoms with Gasteiger partial charge in [-0.2, -0.15) is 0 Å². The van der Waals surface area contributed by atoms with Crippen LogP contribution in [0.15, 0.2) is 21.2 Å². The number of hydrogen-bond acceptors (Lipinski definition) is 3. The molecule has 1 aromatic heterocycles. The maximum atomic E-state index is 11.0. The van der Waals surface area contributed by atoms with E-state index < -0.39 is 5.60 Å². The molecular weight excluding hydrogens is 236 g/mol. The zero-order chi connectivity index (χ0) is 9.47. The van der Waals surface area contributed by atoms with Crippen LogP contribution >= 0.6 is 15.9 Å². The summed E-state index contributed by atoms with van der Waals surface area (Å²) in [5.41, 5.74) is -0.566. The molecule has 0 amide bonds. The van der Waals surface area contributed by atoms with Crippen molar-refractivity contribution in [2.24, 2.45) is 0 Å². The third-order valence-electron chi connectivity index (χ3n) is 2.24. The Kier molecular flexibility index (Phi) is 1.95. The van der Waals surface area contributed by atoms with Crippen LogP contribution in [0.2, 0.25) is 0 Å². The van der Waals surface area contributed by atoms with Crippen molar-refractivity contribution in [1.82, 2.24) is 0 Å². The summed E-state index contributed by atoms with van der Waals surface area (Å²) < 4.78 is 11.2. The lowest BCUT2D eigenvalue weighted by Crippen LogP contribution is -2.19. The molecule has 0 bridgehead atoms.